The van der Waals surface area contributed by atoms with E-state index in [1.54, 1.807) is 27.9 Å². The van der Waals surface area contributed by atoms with Crippen LogP contribution in [0.15, 0.2) is 41.1 Å². The quantitative estimate of drug-likeness (QED) is 0.807. The zero-order valence-electron chi connectivity index (χ0n) is 13.7. The number of piperidine rings is 1. The Kier molecular flexibility index (Phi) is 5.26. The molecular weight excluding hydrogens is 408 g/mol. The van der Waals surface area contributed by atoms with E-state index in [0.717, 1.165) is 29.3 Å². The van der Waals surface area contributed by atoms with Gasteiger partial charge < -0.3 is 4.90 Å². The fourth-order valence-corrected chi connectivity index (χ4v) is 4.05. The summed E-state index contributed by atoms with van der Waals surface area (Å²) in [5.41, 5.74) is 1.35. The fraction of sp³-hybridized carbons (Fsp3) is 0.375. The Bertz CT molecular complexity index is 881. The monoisotopic (exact) mass is 426 g/mol. The van der Waals surface area contributed by atoms with Gasteiger partial charge in [0.1, 0.15) is 0 Å². The minimum Gasteiger partial charge on any atom is -0.337 e. The summed E-state index contributed by atoms with van der Waals surface area (Å²) in [6.45, 7) is 1.00. The Labute approximate surface area is 155 Å². The lowest BCUT2D eigenvalue weighted by molar-refractivity contribution is 0.0703. The maximum absolute atomic E-state index is 12.8. The Morgan fingerprint density at radius 3 is 2.88 bits per heavy atom. The maximum Gasteiger partial charge on any atom is 0.253 e. The highest BCUT2D eigenvalue weighted by Crippen LogP contribution is 2.18. The lowest BCUT2D eigenvalue weighted by Crippen LogP contribution is -2.49. The molecule has 0 saturated carbocycles. The van der Waals surface area contributed by atoms with E-state index in [2.05, 4.69) is 25.8 Å². The van der Waals surface area contributed by atoms with Crippen molar-refractivity contribution >= 4 is 31.9 Å². The van der Waals surface area contributed by atoms with E-state index in [1.165, 1.54) is 0 Å². The highest BCUT2D eigenvalue weighted by Gasteiger charge is 2.26. The van der Waals surface area contributed by atoms with Crippen LogP contribution < -0.4 is 4.72 Å². The molecule has 2 aromatic rings. The van der Waals surface area contributed by atoms with E-state index in [9.17, 15) is 13.2 Å². The van der Waals surface area contributed by atoms with Crippen LogP contribution in [0.5, 0.6) is 0 Å². The average Bonchev–Trinajstić information content (AvgIpc) is 2.99. The number of likely N-dealkylation sites (tertiary alicyclic amines) is 1. The van der Waals surface area contributed by atoms with Crippen LogP contribution in [0, 0.1) is 0 Å². The van der Waals surface area contributed by atoms with Crippen LogP contribution in [-0.4, -0.2) is 54.4 Å². The van der Waals surface area contributed by atoms with Gasteiger partial charge in [0.05, 0.1) is 22.6 Å². The van der Waals surface area contributed by atoms with E-state index >= 15 is 0 Å². The zero-order valence-corrected chi connectivity index (χ0v) is 16.1. The molecule has 1 amide bonds. The maximum atomic E-state index is 12.8. The number of hydrogen-bond donors (Lipinski definition) is 1. The van der Waals surface area contributed by atoms with Crippen LogP contribution in [0.4, 0.5) is 0 Å². The SMILES string of the molecule is CS(=O)(=O)NC1CCCN(C(=O)c2cccc(-n3cc(Br)cn3)c2)C1. The molecule has 0 spiro atoms. The number of carbonyl (C=O) groups excluding carboxylic acids is 1. The third-order valence-corrected chi connectivity index (χ3v) is 5.17. The third-order valence-electron chi connectivity index (χ3n) is 4.00. The first-order chi connectivity index (χ1) is 11.8. The third kappa shape index (κ3) is 4.68. The van der Waals surface area contributed by atoms with Gasteiger partial charge in [-0.1, -0.05) is 6.07 Å². The number of amides is 1. The number of benzene rings is 1. The molecule has 25 heavy (non-hydrogen) atoms. The van der Waals surface area contributed by atoms with Crippen molar-refractivity contribution in [2.75, 3.05) is 19.3 Å². The van der Waals surface area contributed by atoms with Crippen LogP contribution in [0.25, 0.3) is 5.69 Å². The molecule has 1 aliphatic rings. The number of hydrogen-bond acceptors (Lipinski definition) is 4. The lowest BCUT2D eigenvalue weighted by atomic mass is 10.1. The average molecular weight is 427 g/mol. The summed E-state index contributed by atoms with van der Waals surface area (Å²) in [5.74, 6) is -0.104. The van der Waals surface area contributed by atoms with E-state index in [0.29, 0.717) is 18.7 Å². The minimum absolute atomic E-state index is 0.104. The van der Waals surface area contributed by atoms with Gasteiger partial charge in [-0.2, -0.15) is 5.10 Å². The zero-order chi connectivity index (χ0) is 18.0. The van der Waals surface area contributed by atoms with Crippen LogP contribution >= 0.6 is 15.9 Å². The molecule has 1 unspecified atom stereocenters. The summed E-state index contributed by atoms with van der Waals surface area (Å²) < 4.78 is 28.0. The van der Waals surface area contributed by atoms with Crippen LogP contribution in [0.3, 0.4) is 0 Å². The van der Waals surface area contributed by atoms with Crippen molar-refractivity contribution in [3.8, 4) is 5.69 Å². The molecule has 0 aliphatic carbocycles. The second kappa shape index (κ2) is 7.27. The molecule has 134 valence electrons. The van der Waals surface area contributed by atoms with Crippen molar-refractivity contribution in [2.24, 2.45) is 0 Å². The number of aromatic nitrogens is 2. The van der Waals surface area contributed by atoms with Crippen molar-refractivity contribution in [3.63, 3.8) is 0 Å². The topological polar surface area (TPSA) is 84.3 Å². The lowest BCUT2D eigenvalue weighted by Gasteiger charge is -2.32. The Morgan fingerprint density at radius 2 is 2.20 bits per heavy atom. The molecular formula is C16H19BrN4O3S. The van der Waals surface area contributed by atoms with Crippen molar-refractivity contribution in [2.45, 2.75) is 18.9 Å². The van der Waals surface area contributed by atoms with Gasteiger partial charge in [0.25, 0.3) is 5.91 Å². The first kappa shape index (κ1) is 18.1. The van der Waals surface area contributed by atoms with Crippen molar-refractivity contribution < 1.29 is 13.2 Å². The van der Waals surface area contributed by atoms with Crippen LogP contribution in [0.2, 0.25) is 0 Å². The van der Waals surface area contributed by atoms with Crippen LogP contribution in [-0.2, 0) is 10.0 Å². The summed E-state index contributed by atoms with van der Waals surface area (Å²) >= 11 is 3.36. The molecule has 0 bridgehead atoms. The summed E-state index contributed by atoms with van der Waals surface area (Å²) in [5, 5.41) is 4.22. The van der Waals surface area contributed by atoms with Crippen molar-refractivity contribution in [1.29, 1.82) is 0 Å². The van der Waals surface area contributed by atoms with Gasteiger partial charge in [0.15, 0.2) is 0 Å². The molecule has 1 N–H and O–H groups in total. The fourth-order valence-electron chi connectivity index (χ4n) is 2.97. The Morgan fingerprint density at radius 1 is 1.40 bits per heavy atom. The largest absolute Gasteiger partial charge is 0.337 e. The van der Waals surface area contributed by atoms with Gasteiger partial charge in [-0.3, -0.25) is 4.79 Å². The molecule has 1 aromatic carbocycles. The first-order valence-electron chi connectivity index (χ1n) is 7.89. The molecule has 2 heterocycles. The molecule has 0 radical (unpaired) electrons. The number of nitrogens with one attached hydrogen (secondary N) is 1. The van der Waals surface area contributed by atoms with Gasteiger partial charge in [-0.25, -0.2) is 17.8 Å². The predicted octanol–water partition coefficient (Wildman–Crippen LogP) is 1.79. The first-order valence-corrected chi connectivity index (χ1v) is 10.6. The second-order valence-electron chi connectivity index (χ2n) is 6.13. The van der Waals surface area contributed by atoms with Gasteiger partial charge in [0, 0.05) is 30.9 Å². The van der Waals surface area contributed by atoms with Gasteiger partial charge in [-0.05, 0) is 47.0 Å². The molecule has 7 nitrogen and oxygen atoms in total. The second-order valence-corrected chi connectivity index (χ2v) is 8.83. The van der Waals surface area contributed by atoms with E-state index in [4.69, 9.17) is 0 Å². The molecule has 3 rings (SSSR count). The Balaban J connectivity index is 1.76. The number of rotatable bonds is 4. The van der Waals surface area contributed by atoms with Gasteiger partial charge >= 0.3 is 0 Å². The normalized spacial score (nSPS) is 18.3. The van der Waals surface area contributed by atoms with Gasteiger partial charge in [-0.15, -0.1) is 0 Å². The Hall–Kier alpha value is -1.71. The number of sulfonamides is 1. The van der Waals surface area contributed by atoms with Gasteiger partial charge in [0.2, 0.25) is 10.0 Å². The molecule has 1 fully saturated rings. The number of carbonyl (C=O) groups is 1. The number of nitrogens with zero attached hydrogens (tertiary/aromatic N) is 3. The van der Waals surface area contributed by atoms with Crippen LogP contribution in [0.1, 0.15) is 23.2 Å². The summed E-state index contributed by atoms with van der Waals surface area (Å²) in [7, 11) is -3.28. The van der Waals surface area contributed by atoms with E-state index in [1.807, 2.05) is 18.3 Å². The molecule has 1 aromatic heterocycles. The summed E-state index contributed by atoms with van der Waals surface area (Å²) in [4.78, 5) is 14.5. The van der Waals surface area contributed by atoms with E-state index in [-0.39, 0.29) is 11.9 Å². The van der Waals surface area contributed by atoms with Crippen molar-refractivity contribution in [3.05, 3.63) is 46.7 Å². The minimum atomic E-state index is -3.28. The highest BCUT2D eigenvalue weighted by atomic mass is 79.9. The summed E-state index contributed by atoms with van der Waals surface area (Å²) in [6, 6.07) is 7.00. The van der Waals surface area contributed by atoms with Crippen molar-refractivity contribution in [1.82, 2.24) is 19.4 Å². The predicted molar refractivity (Wildman–Crippen MR) is 98.2 cm³/mol. The standard InChI is InChI=1S/C16H19BrN4O3S/c1-25(23,24)19-14-5-3-7-20(11-14)16(22)12-4-2-6-15(8-12)21-10-13(17)9-18-21/h2,4,6,8-10,14,19H,3,5,7,11H2,1H3. The summed E-state index contributed by atoms with van der Waals surface area (Å²) in [6.07, 6.45) is 6.14. The number of halogens is 1. The molecule has 9 heteroatoms. The van der Waals surface area contributed by atoms with E-state index < -0.39 is 10.0 Å². The molecule has 1 atom stereocenters. The smallest absolute Gasteiger partial charge is 0.253 e. The molecule has 1 saturated heterocycles. The molecule has 1 aliphatic heterocycles. The highest BCUT2D eigenvalue weighted by molar-refractivity contribution is 9.10.